The molecule has 2 heterocycles. The van der Waals surface area contributed by atoms with E-state index < -0.39 is 0 Å². The van der Waals surface area contributed by atoms with Crippen molar-refractivity contribution in [1.29, 1.82) is 0 Å². The maximum absolute atomic E-state index is 6.38. The summed E-state index contributed by atoms with van der Waals surface area (Å²) < 4.78 is 8.73. The van der Waals surface area contributed by atoms with E-state index in [2.05, 4.69) is 99.0 Å². The summed E-state index contributed by atoms with van der Waals surface area (Å²) in [4.78, 5) is 5.10. The zero-order chi connectivity index (χ0) is 23.4. The minimum atomic E-state index is 0. The van der Waals surface area contributed by atoms with Crippen LogP contribution in [-0.4, -0.2) is 9.55 Å². The van der Waals surface area contributed by atoms with Gasteiger partial charge in [-0.25, -0.2) is 0 Å². The van der Waals surface area contributed by atoms with Gasteiger partial charge in [-0.2, -0.15) is 0 Å². The second-order valence-corrected chi connectivity index (χ2v) is 9.54. The fourth-order valence-corrected chi connectivity index (χ4v) is 5.14. The molecule has 6 aromatic rings. The van der Waals surface area contributed by atoms with Crippen molar-refractivity contribution >= 4 is 33.0 Å². The quantitative estimate of drug-likeness (QED) is 0.182. The molecule has 0 unspecified atom stereocenters. The number of rotatable bonds is 4. The molecule has 3 nitrogen and oxygen atoms in total. The number of hydrogen-bond acceptors (Lipinski definition) is 2. The van der Waals surface area contributed by atoms with Gasteiger partial charge in [0.1, 0.15) is 11.2 Å². The molecule has 0 bridgehead atoms. The Morgan fingerprint density at radius 2 is 1.57 bits per heavy atom. The summed E-state index contributed by atoms with van der Waals surface area (Å²) in [5.74, 6) is 1.50. The zero-order valence-corrected chi connectivity index (χ0v) is 22.7. The van der Waals surface area contributed by atoms with Crippen molar-refractivity contribution in [3.63, 3.8) is 0 Å². The average Bonchev–Trinajstić information content (AvgIpc) is 3.41. The summed E-state index contributed by atoms with van der Waals surface area (Å²) in [6, 6.07) is 30.5. The number of nitrogens with zero attached hydrogens (tertiary/aromatic N) is 2. The summed E-state index contributed by atoms with van der Waals surface area (Å²) in [5, 5.41) is 2.36. The summed E-state index contributed by atoms with van der Waals surface area (Å²) in [7, 11) is 0. The number of benzene rings is 4. The summed E-state index contributed by atoms with van der Waals surface area (Å²) in [6.07, 6.45) is 0. The Balaban J connectivity index is 0.00000253. The van der Waals surface area contributed by atoms with Crippen LogP contribution in [0.4, 0.5) is 0 Å². The number of furan rings is 1. The minimum absolute atomic E-state index is 0. The molecule has 4 heteroatoms. The van der Waals surface area contributed by atoms with Gasteiger partial charge >= 0.3 is 0 Å². The van der Waals surface area contributed by atoms with Crippen molar-refractivity contribution in [2.24, 2.45) is 0 Å². The van der Waals surface area contributed by atoms with Crippen LogP contribution in [0.1, 0.15) is 50.7 Å². The molecule has 0 spiro atoms. The Bertz CT molecular complexity index is 1660. The van der Waals surface area contributed by atoms with Gasteiger partial charge in [0.2, 0.25) is 0 Å². The molecule has 4 aromatic carbocycles. The van der Waals surface area contributed by atoms with Crippen LogP contribution in [0.3, 0.4) is 0 Å². The number of para-hydroxylation sites is 3. The molecular weight excluding hydrogens is 609 g/mol. The van der Waals surface area contributed by atoms with Gasteiger partial charge in [-0.05, 0) is 47.2 Å². The molecular formula is C31H27IrN2O-. The van der Waals surface area contributed by atoms with E-state index in [1.807, 2.05) is 18.2 Å². The van der Waals surface area contributed by atoms with Gasteiger partial charge in [0.25, 0.3) is 0 Å². The topological polar surface area (TPSA) is 31.0 Å². The third kappa shape index (κ3) is 3.73. The van der Waals surface area contributed by atoms with Crippen LogP contribution in [0.15, 0.2) is 83.3 Å². The van der Waals surface area contributed by atoms with Crippen molar-refractivity contribution in [3.8, 4) is 17.1 Å². The van der Waals surface area contributed by atoms with Crippen LogP contribution in [0.2, 0.25) is 0 Å². The van der Waals surface area contributed by atoms with Gasteiger partial charge in [0, 0.05) is 36.6 Å². The second kappa shape index (κ2) is 9.11. The van der Waals surface area contributed by atoms with Gasteiger partial charge in [0.15, 0.2) is 0 Å². The Hall–Kier alpha value is -3.20. The van der Waals surface area contributed by atoms with Gasteiger partial charge in [-0.1, -0.05) is 58.0 Å². The minimum Gasteiger partial charge on any atom is -0.456 e. The van der Waals surface area contributed by atoms with E-state index in [1.165, 1.54) is 22.2 Å². The van der Waals surface area contributed by atoms with Crippen molar-refractivity contribution in [1.82, 2.24) is 9.55 Å². The molecule has 6 rings (SSSR count). The molecule has 0 N–H and O–H groups in total. The molecule has 0 saturated carbocycles. The van der Waals surface area contributed by atoms with Gasteiger partial charge in [-0.3, -0.25) is 4.98 Å². The molecule has 0 aliphatic heterocycles. The Kier molecular flexibility index (Phi) is 6.12. The van der Waals surface area contributed by atoms with E-state index in [-0.39, 0.29) is 26.0 Å². The van der Waals surface area contributed by atoms with E-state index in [9.17, 15) is 0 Å². The summed E-state index contributed by atoms with van der Waals surface area (Å²) in [5.41, 5.74) is 8.72. The first kappa shape index (κ1) is 23.5. The van der Waals surface area contributed by atoms with Crippen molar-refractivity contribution in [3.05, 3.63) is 96.1 Å². The number of aromatic nitrogens is 2. The number of fused-ring (bicyclic) bond motifs is 4. The SMILES string of the molecule is CC(C)c1cc2oc3ccccc3c2c(C(C)C)c1-n1c(-c2[c-]cccc2)nc2ccccc21.[Ir]. The van der Waals surface area contributed by atoms with E-state index in [4.69, 9.17) is 9.40 Å². The zero-order valence-electron chi connectivity index (χ0n) is 20.3. The first-order valence-electron chi connectivity index (χ1n) is 12.0. The third-order valence-electron chi connectivity index (χ3n) is 6.64. The smallest absolute Gasteiger partial charge is 0.136 e. The molecule has 0 amide bonds. The molecule has 0 atom stereocenters. The van der Waals surface area contributed by atoms with Gasteiger partial charge in [0.05, 0.1) is 16.9 Å². The molecule has 35 heavy (non-hydrogen) atoms. The van der Waals surface area contributed by atoms with Crippen LogP contribution in [-0.2, 0) is 20.1 Å². The maximum Gasteiger partial charge on any atom is 0.136 e. The fourth-order valence-electron chi connectivity index (χ4n) is 5.14. The average molecular weight is 636 g/mol. The molecule has 0 aliphatic carbocycles. The number of hydrogen-bond donors (Lipinski definition) is 0. The van der Waals surface area contributed by atoms with E-state index in [1.54, 1.807) is 0 Å². The van der Waals surface area contributed by atoms with Crippen molar-refractivity contribution < 1.29 is 24.5 Å². The van der Waals surface area contributed by atoms with Crippen LogP contribution in [0.25, 0.3) is 50.0 Å². The molecule has 1 radical (unpaired) electrons. The normalized spacial score (nSPS) is 11.7. The van der Waals surface area contributed by atoms with Crippen LogP contribution in [0.5, 0.6) is 0 Å². The Labute approximate surface area is 219 Å². The van der Waals surface area contributed by atoms with Crippen molar-refractivity contribution in [2.75, 3.05) is 0 Å². The Morgan fingerprint density at radius 1 is 0.829 bits per heavy atom. The predicted octanol–water partition coefficient (Wildman–Crippen LogP) is 8.64. The Morgan fingerprint density at radius 3 is 2.31 bits per heavy atom. The van der Waals surface area contributed by atoms with Gasteiger partial charge < -0.3 is 8.98 Å². The maximum atomic E-state index is 6.38. The van der Waals surface area contributed by atoms with E-state index in [0.29, 0.717) is 5.92 Å². The molecule has 177 valence electrons. The fraction of sp³-hybridized carbons (Fsp3) is 0.194. The van der Waals surface area contributed by atoms with Gasteiger partial charge in [-0.15, -0.1) is 35.9 Å². The molecule has 0 fully saturated rings. The summed E-state index contributed by atoms with van der Waals surface area (Å²) in [6.45, 7) is 9.06. The molecule has 2 aromatic heterocycles. The largest absolute Gasteiger partial charge is 0.456 e. The van der Waals surface area contributed by atoms with Crippen LogP contribution < -0.4 is 0 Å². The monoisotopic (exact) mass is 636 g/mol. The van der Waals surface area contributed by atoms with Crippen molar-refractivity contribution in [2.45, 2.75) is 39.5 Å². The van der Waals surface area contributed by atoms with E-state index >= 15 is 0 Å². The summed E-state index contributed by atoms with van der Waals surface area (Å²) >= 11 is 0. The van der Waals surface area contributed by atoms with Crippen LogP contribution in [0, 0.1) is 6.07 Å². The first-order valence-corrected chi connectivity index (χ1v) is 12.0. The second-order valence-electron chi connectivity index (χ2n) is 9.54. The standard InChI is InChI=1S/C31H27N2O.Ir/c1-19(2)23-18-27-29(22-14-8-11-17-26(22)34-27)28(20(3)4)30(23)33-25-16-10-9-15-24(25)32-31(33)21-12-6-5-7-13-21;/h5-12,14-20H,1-4H3;/q-1;. The number of imidazole rings is 1. The third-order valence-corrected chi connectivity index (χ3v) is 6.64. The first-order chi connectivity index (χ1) is 16.5. The predicted molar refractivity (Wildman–Crippen MR) is 141 cm³/mol. The van der Waals surface area contributed by atoms with Crippen LogP contribution >= 0.6 is 0 Å². The van der Waals surface area contributed by atoms with E-state index in [0.717, 1.165) is 39.0 Å². The molecule has 0 aliphatic rings. The molecule has 0 saturated heterocycles.